The third-order valence-electron chi connectivity index (χ3n) is 3.62. The molecule has 0 aliphatic carbocycles. The fraction of sp³-hybridized carbons (Fsp3) is 0.400. The van der Waals surface area contributed by atoms with Crippen LogP contribution < -0.4 is 5.32 Å². The molecule has 2 N–H and O–H groups in total. The van der Waals surface area contributed by atoms with Gasteiger partial charge in [-0.2, -0.15) is 5.10 Å². The van der Waals surface area contributed by atoms with Crippen molar-refractivity contribution in [2.24, 2.45) is 0 Å². The summed E-state index contributed by atoms with van der Waals surface area (Å²) in [5.41, 5.74) is 3.32. The number of H-pyrrole nitrogens is 1. The van der Waals surface area contributed by atoms with Crippen molar-refractivity contribution in [2.45, 2.75) is 30.8 Å². The third-order valence-corrected chi connectivity index (χ3v) is 5.69. The van der Waals surface area contributed by atoms with Crippen molar-refractivity contribution in [1.29, 1.82) is 0 Å². The minimum atomic E-state index is 0.0772. The minimum absolute atomic E-state index is 0.0772. The average molecular weight is 342 g/mol. The van der Waals surface area contributed by atoms with Gasteiger partial charge in [0.15, 0.2) is 5.82 Å². The molecule has 6 heteroatoms. The van der Waals surface area contributed by atoms with Crippen molar-refractivity contribution < 1.29 is 0 Å². The molecule has 0 saturated heterocycles. The van der Waals surface area contributed by atoms with E-state index in [1.165, 1.54) is 5.56 Å². The van der Waals surface area contributed by atoms with Crippen LogP contribution in [0.15, 0.2) is 18.2 Å². The molecule has 3 rings (SSSR count). The number of aryl methyl sites for hydroxylation is 1. The van der Waals surface area contributed by atoms with E-state index in [0.29, 0.717) is 10.0 Å². The fourth-order valence-corrected chi connectivity index (χ4v) is 4.66. The van der Waals surface area contributed by atoms with Gasteiger partial charge in [0.2, 0.25) is 0 Å². The largest absolute Gasteiger partial charge is 0.367 e. The number of thioether (sulfide) groups is 1. The van der Waals surface area contributed by atoms with Crippen molar-refractivity contribution in [3.63, 3.8) is 0 Å². The summed E-state index contributed by atoms with van der Waals surface area (Å²) < 4.78 is 0.0772. The van der Waals surface area contributed by atoms with Crippen molar-refractivity contribution in [3.8, 4) is 0 Å². The van der Waals surface area contributed by atoms with E-state index >= 15 is 0 Å². The van der Waals surface area contributed by atoms with Crippen LogP contribution in [0.3, 0.4) is 0 Å². The lowest BCUT2D eigenvalue weighted by Crippen LogP contribution is -2.25. The lowest BCUT2D eigenvalue weighted by atomic mass is 10.0. The normalized spacial score (nSPS) is 20.5. The number of fused-ring (bicyclic) bond motifs is 1. The van der Waals surface area contributed by atoms with Gasteiger partial charge in [0.05, 0.1) is 5.25 Å². The van der Waals surface area contributed by atoms with Gasteiger partial charge < -0.3 is 5.32 Å². The molecular weight excluding hydrogens is 325 g/mol. The molecular formula is C15H17Cl2N3S. The number of aromatic amines is 1. The Morgan fingerprint density at radius 1 is 1.33 bits per heavy atom. The van der Waals surface area contributed by atoms with E-state index in [2.05, 4.69) is 29.4 Å². The summed E-state index contributed by atoms with van der Waals surface area (Å²) in [6.45, 7) is 7.36. The second kappa shape index (κ2) is 5.41. The first-order valence-electron chi connectivity index (χ1n) is 6.79. The maximum atomic E-state index is 6.45. The van der Waals surface area contributed by atoms with Gasteiger partial charge in [-0.1, -0.05) is 29.3 Å². The van der Waals surface area contributed by atoms with E-state index < -0.39 is 0 Å². The maximum Gasteiger partial charge on any atom is 0.152 e. The molecule has 0 bridgehead atoms. The van der Waals surface area contributed by atoms with Crippen LogP contribution >= 0.6 is 35.0 Å². The van der Waals surface area contributed by atoms with Crippen LogP contribution in [0.5, 0.6) is 0 Å². The lowest BCUT2D eigenvalue weighted by molar-refractivity contribution is 0.748. The summed E-state index contributed by atoms with van der Waals surface area (Å²) in [7, 11) is 0. The Bertz CT molecular complexity index is 682. The lowest BCUT2D eigenvalue weighted by Gasteiger charge is -2.27. The molecule has 3 nitrogen and oxygen atoms in total. The zero-order valence-corrected chi connectivity index (χ0v) is 14.5. The quantitative estimate of drug-likeness (QED) is 0.762. The highest BCUT2D eigenvalue weighted by molar-refractivity contribution is 8.01. The van der Waals surface area contributed by atoms with Gasteiger partial charge in [0, 0.05) is 32.6 Å². The van der Waals surface area contributed by atoms with Crippen LogP contribution in [-0.2, 0) is 0 Å². The van der Waals surface area contributed by atoms with Crippen LogP contribution in [0.2, 0.25) is 10.0 Å². The SMILES string of the molecule is Cc1[nH]nc2c1C(c1ccc(Cl)cc1Cl)SC(C)(C)CN2. The first-order valence-corrected chi connectivity index (χ1v) is 8.42. The van der Waals surface area contributed by atoms with Gasteiger partial charge in [0.1, 0.15) is 0 Å². The van der Waals surface area contributed by atoms with Crippen LogP contribution in [0.25, 0.3) is 0 Å². The minimum Gasteiger partial charge on any atom is -0.367 e. The maximum absolute atomic E-state index is 6.45. The average Bonchev–Trinajstić information content (AvgIpc) is 2.69. The van der Waals surface area contributed by atoms with E-state index in [1.807, 2.05) is 30.8 Å². The molecule has 1 atom stereocenters. The molecule has 112 valence electrons. The first kappa shape index (κ1) is 15.1. The van der Waals surface area contributed by atoms with E-state index in [-0.39, 0.29) is 10.00 Å². The van der Waals surface area contributed by atoms with Crippen molar-refractivity contribution in [1.82, 2.24) is 10.2 Å². The highest BCUT2D eigenvalue weighted by Crippen LogP contribution is 2.50. The standard InChI is InChI=1S/C15H17Cl2N3S/c1-8-12-13(10-5-4-9(16)6-11(10)17)21-15(2,3)7-18-14(12)20-19-8/h4-6,13H,7H2,1-3H3,(H2,18,19,20). The number of nitrogens with one attached hydrogen (secondary N) is 2. The summed E-state index contributed by atoms with van der Waals surface area (Å²) in [6.07, 6.45) is 0. The molecule has 2 heterocycles. The van der Waals surface area contributed by atoms with Gasteiger partial charge in [-0.3, -0.25) is 5.10 Å². The van der Waals surface area contributed by atoms with Crippen LogP contribution in [0.4, 0.5) is 5.82 Å². The Hall–Kier alpha value is -0.840. The molecule has 1 aromatic carbocycles. The van der Waals surface area contributed by atoms with E-state index in [9.17, 15) is 0 Å². The zero-order valence-electron chi connectivity index (χ0n) is 12.1. The number of hydrogen-bond donors (Lipinski definition) is 2. The van der Waals surface area contributed by atoms with Crippen LogP contribution in [0.1, 0.15) is 35.9 Å². The fourth-order valence-electron chi connectivity index (χ4n) is 2.54. The molecule has 0 saturated carbocycles. The van der Waals surface area contributed by atoms with Gasteiger partial charge in [-0.25, -0.2) is 0 Å². The Kier molecular flexibility index (Phi) is 3.89. The topological polar surface area (TPSA) is 40.7 Å². The first-order chi connectivity index (χ1) is 9.87. The smallest absolute Gasteiger partial charge is 0.152 e. The zero-order chi connectivity index (χ0) is 15.2. The number of nitrogens with zero attached hydrogens (tertiary/aromatic N) is 1. The predicted molar refractivity (Wildman–Crippen MR) is 91.8 cm³/mol. The monoisotopic (exact) mass is 341 g/mol. The van der Waals surface area contributed by atoms with Crippen molar-refractivity contribution >= 4 is 40.8 Å². The van der Waals surface area contributed by atoms with E-state index in [4.69, 9.17) is 23.2 Å². The number of hydrogen-bond acceptors (Lipinski definition) is 3. The number of aromatic nitrogens is 2. The number of benzene rings is 1. The summed E-state index contributed by atoms with van der Waals surface area (Å²) in [5.74, 6) is 0.918. The van der Waals surface area contributed by atoms with Gasteiger partial charge in [-0.05, 0) is 38.5 Å². The molecule has 21 heavy (non-hydrogen) atoms. The summed E-state index contributed by atoms with van der Waals surface area (Å²) >= 11 is 14.4. The molecule has 1 unspecified atom stereocenters. The second-order valence-corrected chi connectivity index (χ2v) is 8.54. The second-order valence-electron chi connectivity index (χ2n) is 5.89. The Morgan fingerprint density at radius 3 is 2.81 bits per heavy atom. The molecule has 1 aromatic heterocycles. The van der Waals surface area contributed by atoms with Gasteiger partial charge in [-0.15, -0.1) is 11.8 Å². The van der Waals surface area contributed by atoms with E-state index in [1.54, 1.807) is 6.07 Å². The molecule has 0 fully saturated rings. The predicted octanol–water partition coefficient (Wildman–Crippen LogP) is 5.05. The van der Waals surface area contributed by atoms with Crippen LogP contribution in [-0.4, -0.2) is 21.5 Å². The summed E-state index contributed by atoms with van der Waals surface area (Å²) in [5, 5.41) is 12.4. The Balaban J connectivity index is 2.15. The summed E-state index contributed by atoms with van der Waals surface area (Å²) in [6, 6.07) is 5.71. The number of rotatable bonds is 1. The number of anilines is 1. The highest BCUT2D eigenvalue weighted by atomic mass is 35.5. The molecule has 0 amide bonds. The highest BCUT2D eigenvalue weighted by Gasteiger charge is 2.34. The molecule has 1 aliphatic heterocycles. The van der Waals surface area contributed by atoms with Gasteiger partial charge in [0.25, 0.3) is 0 Å². The molecule has 1 aliphatic rings. The van der Waals surface area contributed by atoms with Crippen molar-refractivity contribution in [3.05, 3.63) is 45.1 Å². The van der Waals surface area contributed by atoms with E-state index in [0.717, 1.165) is 23.6 Å². The Morgan fingerprint density at radius 2 is 2.10 bits per heavy atom. The van der Waals surface area contributed by atoms with Crippen molar-refractivity contribution in [2.75, 3.05) is 11.9 Å². The molecule has 0 spiro atoms. The van der Waals surface area contributed by atoms with Crippen LogP contribution in [0, 0.1) is 6.92 Å². The van der Waals surface area contributed by atoms with Gasteiger partial charge >= 0.3 is 0 Å². The third kappa shape index (κ3) is 2.89. The number of halogens is 2. The molecule has 2 aromatic rings. The summed E-state index contributed by atoms with van der Waals surface area (Å²) in [4.78, 5) is 0. The molecule has 0 radical (unpaired) electrons. The Labute approximate surface area is 138 Å².